The predicted molar refractivity (Wildman–Crippen MR) is 143 cm³/mol. The first-order valence-corrected chi connectivity index (χ1v) is 12.6. The standard InChI is InChI=1S/C24H15BrN4O4S2/c1-33-18-6-2-14(3-7-18)13-26-28(24-27-19-8-4-16(25)12-21(19)35-24)23(30)22-11-15-10-17(29(31)32)5-9-20(15)34-22/h2-13H,1H3/b26-13+. The fraction of sp³-hybridized carbons (Fsp3) is 0.0417. The summed E-state index contributed by atoms with van der Waals surface area (Å²) in [4.78, 5) is 29.3. The number of amides is 1. The molecule has 5 aromatic rings. The number of nitro benzene ring substituents is 1. The third kappa shape index (κ3) is 4.78. The number of hydrogen-bond donors (Lipinski definition) is 0. The number of thiazole rings is 1. The van der Waals surface area contributed by atoms with Gasteiger partial charge in [0.25, 0.3) is 11.6 Å². The van der Waals surface area contributed by atoms with Crippen molar-refractivity contribution >= 4 is 81.8 Å². The van der Waals surface area contributed by atoms with Crippen molar-refractivity contribution in [1.29, 1.82) is 0 Å². The van der Waals surface area contributed by atoms with E-state index in [1.165, 1.54) is 39.8 Å². The van der Waals surface area contributed by atoms with E-state index in [9.17, 15) is 14.9 Å². The first kappa shape index (κ1) is 23.1. The first-order chi connectivity index (χ1) is 16.9. The van der Waals surface area contributed by atoms with Crippen LogP contribution in [0.3, 0.4) is 0 Å². The zero-order valence-electron chi connectivity index (χ0n) is 18.0. The largest absolute Gasteiger partial charge is 0.497 e. The van der Waals surface area contributed by atoms with Gasteiger partial charge in [0.15, 0.2) is 0 Å². The van der Waals surface area contributed by atoms with Crippen molar-refractivity contribution in [2.45, 2.75) is 0 Å². The van der Waals surface area contributed by atoms with Crippen LogP contribution in [0.2, 0.25) is 0 Å². The molecule has 0 aliphatic carbocycles. The number of halogens is 1. The maximum Gasteiger partial charge on any atom is 0.290 e. The Balaban J connectivity index is 1.56. The van der Waals surface area contributed by atoms with Gasteiger partial charge in [-0.15, -0.1) is 11.3 Å². The molecule has 0 bridgehead atoms. The summed E-state index contributed by atoms with van der Waals surface area (Å²) in [6.07, 6.45) is 1.58. The Labute approximate surface area is 215 Å². The third-order valence-corrected chi connectivity index (χ3v) is 7.66. The van der Waals surface area contributed by atoms with E-state index in [0.717, 1.165) is 25.0 Å². The average Bonchev–Trinajstić information content (AvgIpc) is 3.47. The molecule has 35 heavy (non-hydrogen) atoms. The number of hydrogen-bond acceptors (Lipinski definition) is 8. The van der Waals surface area contributed by atoms with Gasteiger partial charge < -0.3 is 4.74 Å². The summed E-state index contributed by atoms with van der Waals surface area (Å²) in [7, 11) is 1.59. The number of hydrazone groups is 1. The minimum atomic E-state index is -0.455. The number of carbonyl (C=O) groups is 1. The van der Waals surface area contributed by atoms with Gasteiger partial charge in [0.05, 0.1) is 33.3 Å². The van der Waals surface area contributed by atoms with Crippen LogP contribution in [0.15, 0.2) is 76.3 Å². The molecule has 0 saturated carbocycles. The van der Waals surface area contributed by atoms with E-state index in [2.05, 4.69) is 26.0 Å². The van der Waals surface area contributed by atoms with Gasteiger partial charge in [-0.2, -0.15) is 10.1 Å². The molecule has 5 rings (SSSR count). The van der Waals surface area contributed by atoms with Gasteiger partial charge in [-0.05, 0) is 60.2 Å². The summed E-state index contributed by atoms with van der Waals surface area (Å²) in [5.41, 5.74) is 1.50. The summed E-state index contributed by atoms with van der Waals surface area (Å²) in [6.45, 7) is 0. The minimum absolute atomic E-state index is 0.0274. The number of ether oxygens (including phenoxy) is 1. The van der Waals surface area contributed by atoms with E-state index >= 15 is 0 Å². The molecule has 0 unspecified atom stereocenters. The van der Waals surface area contributed by atoms with E-state index < -0.39 is 4.92 Å². The molecule has 0 aliphatic rings. The second-order valence-corrected chi connectivity index (χ2v) is 10.3. The molecule has 1 amide bonds. The van der Waals surface area contributed by atoms with E-state index in [-0.39, 0.29) is 11.6 Å². The molecule has 0 saturated heterocycles. The third-order valence-electron chi connectivity index (χ3n) is 5.07. The van der Waals surface area contributed by atoms with Gasteiger partial charge in [-0.3, -0.25) is 14.9 Å². The number of non-ortho nitro benzene ring substituents is 1. The molecule has 2 aromatic heterocycles. The Bertz CT molecular complexity index is 1610. The maximum atomic E-state index is 13.6. The van der Waals surface area contributed by atoms with Crippen molar-refractivity contribution in [3.8, 4) is 5.75 Å². The monoisotopic (exact) mass is 566 g/mol. The fourth-order valence-electron chi connectivity index (χ4n) is 3.33. The van der Waals surface area contributed by atoms with Gasteiger partial charge in [0, 0.05) is 26.7 Å². The Hall–Kier alpha value is -3.67. The zero-order chi connectivity index (χ0) is 24.5. The second kappa shape index (κ2) is 9.53. The summed E-state index contributed by atoms with van der Waals surface area (Å²) in [5.74, 6) is 0.336. The predicted octanol–water partition coefficient (Wildman–Crippen LogP) is 6.87. The van der Waals surface area contributed by atoms with Crippen molar-refractivity contribution in [1.82, 2.24) is 4.98 Å². The topological polar surface area (TPSA) is 97.9 Å². The van der Waals surface area contributed by atoms with Gasteiger partial charge in [0.2, 0.25) is 5.13 Å². The zero-order valence-corrected chi connectivity index (χ0v) is 21.3. The smallest absolute Gasteiger partial charge is 0.290 e. The van der Waals surface area contributed by atoms with E-state index in [1.807, 2.05) is 42.5 Å². The molecule has 0 radical (unpaired) electrons. The Kier molecular flexibility index (Phi) is 6.29. The van der Waals surface area contributed by atoms with Crippen molar-refractivity contribution in [2.24, 2.45) is 5.10 Å². The van der Waals surface area contributed by atoms with Crippen LogP contribution in [-0.2, 0) is 0 Å². The van der Waals surface area contributed by atoms with E-state index in [1.54, 1.807) is 25.5 Å². The molecule has 3 aromatic carbocycles. The van der Waals surface area contributed by atoms with Crippen LogP contribution < -0.4 is 9.75 Å². The van der Waals surface area contributed by atoms with E-state index in [4.69, 9.17) is 4.74 Å². The normalized spacial score (nSPS) is 11.4. The minimum Gasteiger partial charge on any atom is -0.497 e. The van der Waals surface area contributed by atoms with Gasteiger partial charge in [0.1, 0.15) is 5.75 Å². The van der Waals surface area contributed by atoms with Gasteiger partial charge in [-0.1, -0.05) is 27.3 Å². The number of rotatable bonds is 6. The molecule has 2 heterocycles. The highest BCUT2D eigenvalue weighted by atomic mass is 79.9. The summed E-state index contributed by atoms with van der Waals surface area (Å²) in [5, 5.41) is 17.9. The molecule has 8 nitrogen and oxygen atoms in total. The summed E-state index contributed by atoms with van der Waals surface area (Å²) >= 11 is 6.06. The molecule has 0 spiro atoms. The number of fused-ring (bicyclic) bond motifs is 2. The number of carbonyl (C=O) groups excluding carboxylic acids is 1. The van der Waals surface area contributed by atoms with Crippen molar-refractivity contribution in [3.63, 3.8) is 0 Å². The molecular formula is C24H15BrN4O4S2. The molecule has 0 N–H and O–H groups in total. The molecule has 11 heteroatoms. The highest BCUT2D eigenvalue weighted by Crippen LogP contribution is 2.34. The number of methoxy groups -OCH3 is 1. The molecule has 0 fully saturated rings. The molecule has 0 aliphatic heterocycles. The molecule has 0 atom stereocenters. The highest BCUT2D eigenvalue weighted by molar-refractivity contribution is 9.10. The average molecular weight is 567 g/mol. The van der Waals surface area contributed by atoms with Crippen molar-refractivity contribution in [3.05, 3.63) is 91.8 Å². The number of anilines is 1. The van der Waals surface area contributed by atoms with E-state index in [0.29, 0.717) is 21.1 Å². The molecule has 174 valence electrons. The van der Waals surface area contributed by atoms with Crippen LogP contribution in [0.25, 0.3) is 20.3 Å². The molecular weight excluding hydrogens is 552 g/mol. The number of benzene rings is 3. The number of aromatic nitrogens is 1. The van der Waals surface area contributed by atoms with Crippen LogP contribution >= 0.6 is 38.6 Å². The second-order valence-electron chi connectivity index (χ2n) is 7.33. The van der Waals surface area contributed by atoms with Crippen LogP contribution in [-0.4, -0.2) is 29.1 Å². The Morgan fingerprint density at radius 3 is 2.63 bits per heavy atom. The quantitative estimate of drug-likeness (QED) is 0.127. The van der Waals surface area contributed by atoms with Crippen LogP contribution in [0.4, 0.5) is 10.8 Å². The number of thiophene rings is 1. The lowest BCUT2D eigenvalue weighted by Gasteiger charge is -2.12. The lowest BCUT2D eigenvalue weighted by atomic mass is 10.2. The van der Waals surface area contributed by atoms with Crippen LogP contribution in [0.1, 0.15) is 15.2 Å². The fourth-order valence-corrected chi connectivity index (χ4v) is 5.78. The maximum absolute atomic E-state index is 13.6. The SMILES string of the molecule is COc1ccc(/C=N/N(C(=O)c2cc3cc([N+](=O)[O-])ccc3s2)c2nc3ccc(Br)cc3s2)cc1. The Morgan fingerprint density at radius 1 is 1.09 bits per heavy atom. The lowest BCUT2D eigenvalue weighted by molar-refractivity contribution is -0.384. The highest BCUT2D eigenvalue weighted by Gasteiger charge is 2.23. The first-order valence-electron chi connectivity index (χ1n) is 10.2. The van der Waals surface area contributed by atoms with Gasteiger partial charge in [-0.25, -0.2) is 4.98 Å². The van der Waals surface area contributed by atoms with Crippen molar-refractivity contribution < 1.29 is 14.5 Å². The lowest BCUT2D eigenvalue weighted by Crippen LogP contribution is -2.24. The Morgan fingerprint density at radius 2 is 1.89 bits per heavy atom. The van der Waals surface area contributed by atoms with Crippen LogP contribution in [0, 0.1) is 10.1 Å². The summed E-state index contributed by atoms with van der Waals surface area (Å²) in [6, 6.07) is 19.2. The van der Waals surface area contributed by atoms with Crippen molar-refractivity contribution in [2.75, 3.05) is 12.1 Å². The number of nitrogens with zero attached hydrogens (tertiary/aromatic N) is 4. The van der Waals surface area contributed by atoms with Crippen LogP contribution in [0.5, 0.6) is 5.75 Å². The summed E-state index contributed by atoms with van der Waals surface area (Å²) < 4.78 is 7.77. The number of nitro groups is 1. The van der Waals surface area contributed by atoms with Gasteiger partial charge >= 0.3 is 0 Å².